The molecule has 0 radical (unpaired) electrons. The maximum Gasteiger partial charge on any atom is 0.158 e. The van der Waals surface area contributed by atoms with E-state index in [1.807, 2.05) is 12.3 Å². The molecule has 0 aliphatic carbocycles. The van der Waals surface area contributed by atoms with E-state index in [1.165, 1.54) is 11.6 Å². The molecule has 2 nitrogen and oxygen atoms in total. The van der Waals surface area contributed by atoms with Crippen LogP contribution in [0.2, 0.25) is 0 Å². The van der Waals surface area contributed by atoms with Crippen molar-refractivity contribution in [2.45, 2.75) is 6.92 Å². The Kier molecular flexibility index (Phi) is 2.17. The van der Waals surface area contributed by atoms with Crippen LogP contribution in [0.1, 0.15) is 5.56 Å². The molecule has 1 aromatic carbocycles. The minimum Gasteiger partial charge on any atom is -0.504 e. The fraction of sp³-hybridized carbons (Fsp3) is 0.0909. The van der Waals surface area contributed by atoms with Crippen LogP contribution in [0, 0.1) is 6.92 Å². The predicted molar refractivity (Wildman–Crippen MR) is 57.8 cm³/mol. The molecule has 2 rings (SSSR count). The molecule has 0 bridgehead atoms. The second-order valence-electron chi connectivity index (χ2n) is 3.17. The van der Waals surface area contributed by atoms with Gasteiger partial charge in [-0.25, -0.2) is 0 Å². The Morgan fingerprint density at radius 1 is 1.07 bits per heavy atom. The van der Waals surface area contributed by atoms with Crippen molar-refractivity contribution in [2.75, 3.05) is 0 Å². The number of hydrogen-bond donors (Lipinski definition) is 2. The highest BCUT2D eigenvalue weighted by molar-refractivity contribution is 7.08. The predicted octanol–water partition coefficient (Wildman–Crippen LogP) is 3.13. The molecule has 0 spiro atoms. The molecule has 72 valence electrons. The lowest BCUT2D eigenvalue weighted by atomic mass is 10.1. The highest BCUT2D eigenvalue weighted by Crippen LogP contribution is 2.33. The summed E-state index contributed by atoms with van der Waals surface area (Å²) in [7, 11) is 0. The molecule has 2 aromatic rings. The minimum absolute atomic E-state index is 0.0758. The molecular weight excluding hydrogens is 196 g/mol. The summed E-state index contributed by atoms with van der Waals surface area (Å²) >= 11 is 1.63. The lowest BCUT2D eigenvalue weighted by Crippen LogP contribution is -1.77. The van der Waals surface area contributed by atoms with Gasteiger partial charge in [-0.2, -0.15) is 11.3 Å². The Balaban J connectivity index is 2.53. The first-order valence-electron chi connectivity index (χ1n) is 4.23. The maximum absolute atomic E-state index is 9.34. The van der Waals surface area contributed by atoms with Crippen LogP contribution in [0.25, 0.3) is 11.1 Å². The van der Waals surface area contributed by atoms with Gasteiger partial charge >= 0.3 is 0 Å². The number of aryl methyl sites for hydroxylation is 1. The van der Waals surface area contributed by atoms with Crippen molar-refractivity contribution in [3.05, 3.63) is 34.5 Å². The van der Waals surface area contributed by atoms with E-state index < -0.39 is 0 Å². The molecule has 0 atom stereocenters. The van der Waals surface area contributed by atoms with Crippen molar-refractivity contribution in [2.24, 2.45) is 0 Å². The first-order valence-corrected chi connectivity index (χ1v) is 5.18. The van der Waals surface area contributed by atoms with E-state index in [0.29, 0.717) is 0 Å². The quantitative estimate of drug-likeness (QED) is 0.704. The van der Waals surface area contributed by atoms with Crippen molar-refractivity contribution in [1.82, 2.24) is 0 Å². The second kappa shape index (κ2) is 3.35. The number of phenols is 2. The van der Waals surface area contributed by atoms with Crippen LogP contribution in [-0.2, 0) is 0 Å². The van der Waals surface area contributed by atoms with E-state index in [4.69, 9.17) is 5.11 Å². The zero-order valence-electron chi connectivity index (χ0n) is 7.69. The smallest absolute Gasteiger partial charge is 0.158 e. The summed E-state index contributed by atoms with van der Waals surface area (Å²) in [6.45, 7) is 2.02. The van der Waals surface area contributed by atoms with Crippen molar-refractivity contribution >= 4 is 11.3 Å². The summed E-state index contributed by atoms with van der Waals surface area (Å²) in [5, 5.41) is 22.6. The van der Waals surface area contributed by atoms with Crippen LogP contribution in [-0.4, -0.2) is 10.2 Å². The van der Waals surface area contributed by atoms with Gasteiger partial charge in [0.1, 0.15) is 0 Å². The van der Waals surface area contributed by atoms with Crippen LogP contribution in [0.15, 0.2) is 29.0 Å². The second-order valence-corrected chi connectivity index (χ2v) is 3.92. The molecule has 1 aromatic heterocycles. The van der Waals surface area contributed by atoms with Crippen molar-refractivity contribution < 1.29 is 10.2 Å². The van der Waals surface area contributed by atoms with Gasteiger partial charge in [0, 0.05) is 0 Å². The Morgan fingerprint density at radius 2 is 1.86 bits per heavy atom. The van der Waals surface area contributed by atoms with E-state index in [1.54, 1.807) is 23.5 Å². The molecule has 3 heteroatoms. The van der Waals surface area contributed by atoms with Gasteiger partial charge in [-0.15, -0.1) is 0 Å². The molecule has 0 saturated heterocycles. The number of phenolic OH excluding ortho intramolecular Hbond substituents is 2. The summed E-state index contributed by atoms with van der Waals surface area (Å²) in [4.78, 5) is 0. The van der Waals surface area contributed by atoms with Crippen LogP contribution in [0.4, 0.5) is 0 Å². The molecule has 14 heavy (non-hydrogen) atoms. The zero-order valence-corrected chi connectivity index (χ0v) is 8.51. The van der Waals surface area contributed by atoms with Gasteiger partial charge in [-0.3, -0.25) is 0 Å². The average Bonchev–Trinajstić information content (AvgIpc) is 2.57. The standard InChI is InChI=1S/C11H10O2S/c1-7-5-14-6-9(7)8-2-3-10(12)11(13)4-8/h2-6,12-13H,1H3. The first kappa shape index (κ1) is 9.09. The summed E-state index contributed by atoms with van der Waals surface area (Å²) in [5.74, 6) is -0.158. The summed E-state index contributed by atoms with van der Waals surface area (Å²) in [6.07, 6.45) is 0. The van der Waals surface area contributed by atoms with Crippen molar-refractivity contribution in [1.29, 1.82) is 0 Å². The van der Waals surface area contributed by atoms with E-state index in [9.17, 15) is 5.11 Å². The fourth-order valence-corrected chi connectivity index (χ4v) is 2.20. The number of rotatable bonds is 1. The van der Waals surface area contributed by atoms with Crippen LogP contribution in [0.5, 0.6) is 11.5 Å². The van der Waals surface area contributed by atoms with Crippen molar-refractivity contribution in [3.63, 3.8) is 0 Å². The van der Waals surface area contributed by atoms with Gasteiger partial charge in [-0.1, -0.05) is 6.07 Å². The van der Waals surface area contributed by atoms with E-state index >= 15 is 0 Å². The summed E-state index contributed by atoms with van der Waals surface area (Å²) < 4.78 is 0. The third-order valence-electron chi connectivity index (χ3n) is 2.14. The Morgan fingerprint density at radius 3 is 2.43 bits per heavy atom. The monoisotopic (exact) mass is 206 g/mol. The van der Waals surface area contributed by atoms with E-state index in [-0.39, 0.29) is 11.5 Å². The van der Waals surface area contributed by atoms with Gasteiger partial charge < -0.3 is 10.2 Å². The number of thiophene rings is 1. The van der Waals surface area contributed by atoms with Gasteiger partial charge in [-0.05, 0) is 46.5 Å². The lowest BCUT2D eigenvalue weighted by molar-refractivity contribution is 0.404. The van der Waals surface area contributed by atoms with Crippen LogP contribution >= 0.6 is 11.3 Å². The normalized spacial score (nSPS) is 10.4. The third kappa shape index (κ3) is 1.46. The lowest BCUT2D eigenvalue weighted by Gasteiger charge is -2.02. The van der Waals surface area contributed by atoms with Crippen LogP contribution < -0.4 is 0 Å². The molecule has 2 N–H and O–H groups in total. The number of hydrogen-bond acceptors (Lipinski definition) is 3. The minimum atomic E-state index is -0.0818. The summed E-state index contributed by atoms with van der Waals surface area (Å²) in [6, 6.07) is 4.87. The highest BCUT2D eigenvalue weighted by atomic mass is 32.1. The van der Waals surface area contributed by atoms with E-state index in [2.05, 4.69) is 5.38 Å². The molecule has 0 unspecified atom stereocenters. The van der Waals surface area contributed by atoms with Gasteiger partial charge in [0.25, 0.3) is 0 Å². The first-order chi connectivity index (χ1) is 6.68. The molecule has 1 heterocycles. The molecule has 0 fully saturated rings. The molecule has 0 saturated carbocycles. The van der Waals surface area contributed by atoms with Gasteiger partial charge in [0.15, 0.2) is 11.5 Å². The van der Waals surface area contributed by atoms with E-state index in [0.717, 1.165) is 11.1 Å². The largest absolute Gasteiger partial charge is 0.504 e. The topological polar surface area (TPSA) is 40.5 Å². The zero-order chi connectivity index (χ0) is 10.1. The Labute approximate surface area is 86.1 Å². The maximum atomic E-state index is 9.34. The Hall–Kier alpha value is -1.48. The molecule has 0 amide bonds. The molecule has 0 aliphatic rings. The summed E-state index contributed by atoms with van der Waals surface area (Å²) in [5.41, 5.74) is 3.21. The number of aromatic hydroxyl groups is 2. The number of benzene rings is 1. The Bertz CT molecular complexity index is 460. The SMILES string of the molecule is Cc1cscc1-c1ccc(O)c(O)c1. The van der Waals surface area contributed by atoms with Gasteiger partial charge in [0.05, 0.1) is 0 Å². The molecular formula is C11H10O2S. The fourth-order valence-electron chi connectivity index (χ4n) is 1.35. The highest BCUT2D eigenvalue weighted by Gasteiger charge is 2.05. The third-order valence-corrected chi connectivity index (χ3v) is 3.00. The van der Waals surface area contributed by atoms with Gasteiger partial charge in [0.2, 0.25) is 0 Å². The van der Waals surface area contributed by atoms with Crippen LogP contribution in [0.3, 0.4) is 0 Å². The molecule has 0 aliphatic heterocycles. The van der Waals surface area contributed by atoms with Crippen molar-refractivity contribution in [3.8, 4) is 22.6 Å². The average molecular weight is 206 g/mol.